The first-order chi connectivity index (χ1) is 10.5. The molecule has 1 atom stereocenters. The number of nitrogens with two attached hydrogens (primary N) is 1. The van der Waals surface area contributed by atoms with Crippen LogP contribution in [0.5, 0.6) is 5.75 Å². The molecule has 1 amide bonds. The van der Waals surface area contributed by atoms with Crippen LogP contribution in [0.1, 0.15) is 31.4 Å². The molecule has 0 saturated carbocycles. The zero-order valence-corrected chi connectivity index (χ0v) is 15.0. The summed E-state index contributed by atoms with van der Waals surface area (Å²) >= 11 is 0. The van der Waals surface area contributed by atoms with Crippen molar-refractivity contribution in [3.63, 3.8) is 0 Å². The van der Waals surface area contributed by atoms with Crippen molar-refractivity contribution in [2.24, 2.45) is 5.73 Å². The molecule has 6 heteroatoms. The van der Waals surface area contributed by atoms with Crippen LogP contribution in [-0.4, -0.2) is 55.5 Å². The standard InChI is InChI=1S/C17H27N3O2.ClH/c1-13(15-6-4-5-7-16(15)22-3)19(2)17(21)12-20-10-8-14(18)9-11-20;/h4-7,13-14H,8-12,18H2,1-3H3;1H. The van der Waals surface area contributed by atoms with E-state index in [-0.39, 0.29) is 30.4 Å². The Balaban J connectivity index is 0.00000264. The fourth-order valence-electron chi connectivity index (χ4n) is 2.85. The summed E-state index contributed by atoms with van der Waals surface area (Å²) in [7, 11) is 3.51. The number of hydrogen-bond donors (Lipinski definition) is 1. The lowest BCUT2D eigenvalue weighted by Gasteiger charge is -2.32. The number of ether oxygens (including phenoxy) is 1. The van der Waals surface area contributed by atoms with Crippen molar-refractivity contribution in [2.45, 2.75) is 31.8 Å². The first-order valence-electron chi connectivity index (χ1n) is 7.89. The second kappa shape index (κ2) is 9.11. The van der Waals surface area contributed by atoms with Gasteiger partial charge in [-0.1, -0.05) is 18.2 Å². The normalized spacial score (nSPS) is 17.2. The summed E-state index contributed by atoms with van der Waals surface area (Å²) in [5, 5.41) is 0. The van der Waals surface area contributed by atoms with Gasteiger partial charge in [-0.3, -0.25) is 9.69 Å². The van der Waals surface area contributed by atoms with Crippen molar-refractivity contribution >= 4 is 18.3 Å². The van der Waals surface area contributed by atoms with Crippen LogP contribution in [0.15, 0.2) is 24.3 Å². The van der Waals surface area contributed by atoms with Gasteiger partial charge in [0.05, 0.1) is 19.7 Å². The quantitative estimate of drug-likeness (QED) is 0.890. The number of para-hydroxylation sites is 1. The van der Waals surface area contributed by atoms with Crippen LogP contribution in [0.2, 0.25) is 0 Å². The second-order valence-electron chi connectivity index (χ2n) is 6.04. The number of likely N-dealkylation sites (tertiary alicyclic amines) is 1. The molecule has 0 bridgehead atoms. The van der Waals surface area contributed by atoms with Gasteiger partial charge in [-0.25, -0.2) is 0 Å². The average molecular weight is 342 g/mol. The first-order valence-corrected chi connectivity index (χ1v) is 7.89. The number of piperidine rings is 1. The van der Waals surface area contributed by atoms with E-state index in [1.807, 2.05) is 38.2 Å². The Hall–Kier alpha value is -1.30. The third kappa shape index (κ3) is 5.09. The number of benzene rings is 1. The summed E-state index contributed by atoms with van der Waals surface area (Å²) in [6, 6.07) is 8.11. The van der Waals surface area contributed by atoms with Crippen LogP contribution in [0.3, 0.4) is 0 Å². The molecule has 23 heavy (non-hydrogen) atoms. The molecule has 0 spiro atoms. The molecule has 1 saturated heterocycles. The van der Waals surface area contributed by atoms with Crippen molar-refractivity contribution in [1.29, 1.82) is 0 Å². The number of carbonyl (C=O) groups is 1. The lowest BCUT2D eigenvalue weighted by atomic mass is 10.1. The first kappa shape index (κ1) is 19.7. The van der Waals surface area contributed by atoms with E-state index in [9.17, 15) is 4.79 Å². The number of carbonyl (C=O) groups excluding carboxylic acids is 1. The highest BCUT2D eigenvalue weighted by Crippen LogP contribution is 2.28. The second-order valence-corrected chi connectivity index (χ2v) is 6.04. The Morgan fingerprint density at radius 3 is 2.61 bits per heavy atom. The van der Waals surface area contributed by atoms with Crippen molar-refractivity contribution < 1.29 is 9.53 Å². The molecule has 0 aromatic heterocycles. The van der Waals surface area contributed by atoms with Crippen LogP contribution >= 0.6 is 12.4 Å². The Kier molecular flexibility index (Phi) is 7.82. The minimum absolute atomic E-state index is 0. The lowest BCUT2D eigenvalue weighted by molar-refractivity contribution is -0.133. The maximum atomic E-state index is 12.5. The molecule has 1 aliphatic rings. The SMILES string of the molecule is COc1ccccc1C(C)N(C)C(=O)CN1CCC(N)CC1.Cl. The maximum Gasteiger partial charge on any atom is 0.236 e. The number of hydrogen-bond acceptors (Lipinski definition) is 4. The van der Waals surface area contributed by atoms with E-state index in [0.717, 1.165) is 37.2 Å². The highest BCUT2D eigenvalue weighted by Gasteiger charge is 2.23. The zero-order chi connectivity index (χ0) is 16.1. The third-order valence-electron chi connectivity index (χ3n) is 4.55. The van der Waals surface area contributed by atoms with E-state index in [0.29, 0.717) is 6.54 Å². The van der Waals surface area contributed by atoms with E-state index in [1.165, 1.54) is 0 Å². The van der Waals surface area contributed by atoms with Crippen molar-refractivity contribution in [2.75, 3.05) is 33.8 Å². The van der Waals surface area contributed by atoms with Crippen LogP contribution in [-0.2, 0) is 4.79 Å². The van der Waals surface area contributed by atoms with Crippen molar-refractivity contribution in [1.82, 2.24) is 9.80 Å². The van der Waals surface area contributed by atoms with Crippen molar-refractivity contribution in [3.05, 3.63) is 29.8 Å². The van der Waals surface area contributed by atoms with Crippen molar-refractivity contribution in [3.8, 4) is 5.75 Å². The monoisotopic (exact) mass is 341 g/mol. The lowest BCUT2D eigenvalue weighted by Crippen LogP contribution is -2.45. The summed E-state index contributed by atoms with van der Waals surface area (Å²) in [5.74, 6) is 0.951. The summed E-state index contributed by atoms with van der Waals surface area (Å²) < 4.78 is 5.40. The summed E-state index contributed by atoms with van der Waals surface area (Å²) in [6.45, 7) is 4.30. The Morgan fingerprint density at radius 2 is 2.00 bits per heavy atom. The minimum atomic E-state index is -0.0179. The van der Waals surface area contributed by atoms with Gasteiger partial charge in [-0.15, -0.1) is 12.4 Å². The molecule has 1 unspecified atom stereocenters. The number of likely N-dealkylation sites (N-methyl/N-ethyl adjacent to an activating group) is 1. The van der Waals surface area contributed by atoms with E-state index < -0.39 is 0 Å². The van der Waals surface area contributed by atoms with E-state index in [1.54, 1.807) is 12.0 Å². The molecule has 1 heterocycles. The van der Waals surface area contributed by atoms with Gasteiger partial charge in [0.25, 0.3) is 0 Å². The van der Waals surface area contributed by atoms with Gasteiger partial charge in [0.1, 0.15) is 5.75 Å². The molecule has 1 aromatic carbocycles. The van der Waals surface area contributed by atoms with E-state index in [2.05, 4.69) is 4.90 Å². The van der Waals surface area contributed by atoms with Gasteiger partial charge in [0.2, 0.25) is 5.91 Å². The number of halogens is 1. The third-order valence-corrected chi connectivity index (χ3v) is 4.55. The molecule has 1 aromatic rings. The average Bonchev–Trinajstić information content (AvgIpc) is 2.55. The highest BCUT2D eigenvalue weighted by atomic mass is 35.5. The van der Waals surface area contributed by atoms with Gasteiger partial charge in [0.15, 0.2) is 0 Å². The summed E-state index contributed by atoms with van der Waals surface area (Å²) in [4.78, 5) is 16.5. The van der Waals surface area contributed by atoms with Crippen LogP contribution in [0.4, 0.5) is 0 Å². The number of amides is 1. The fraction of sp³-hybridized carbons (Fsp3) is 0.588. The molecular formula is C17H28ClN3O2. The van der Waals surface area contributed by atoms with Crippen LogP contribution < -0.4 is 10.5 Å². The topological polar surface area (TPSA) is 58.8 Å². The summed E-state index contributed by atoms with van der Waals surface area (Å²) in [6.07, 6.45) is 1.94. The Morgan fingerprint density at radius 1 is 1.39 bits per heavy atom. The molecule has 1 fully saturated rings. The maximum absolute atomic E-state index is 12.5. The number of rotatable bonds is 5. The predicted octanol–water partition coefficient (Wildman–Crippen LogP) is 2.06. The van der Waals surface area contributed by atoms with E-state index in [4.69, 9.17) is 10.5 Å². The molecule has 0 aliphatic carbocycles. The molecular weight excluding hydrogens is 314 g/mol. The number of methoxy groups -OCH3 is 1. The van der Waals surface area contributed by atoms with Gasteiger partial charge >= 0.3 is 0 Å². The van der Waals surface area contributed by atoms with E-state index >= 15 is 0 Å². The summed E-state index contributed by atoms with van der Waals surface area (Å²) in [5.41, 5.74) is 6.94. The minimum Gasteiger partial charge on any atom is -0.496 e. The molecule has 2 N–H and O–H groups in total. The van der Waals surface area contributed by atoms with Gasteiger partial charge < -0.3 is 15.4 Å². The van der Waals surface area contributed by atoms with Crippen LogP contribution in [0.25, 0.3) is 0 Å². The van der Waals surface area contributed by atoms with Gasteiger partial charge in [-0.05, 0) is 25.8 Å². The molecule has 2 rings (SSSR count). The molecule has 1 aliphatic heterocycles. The van der Waals surface area contributed by atoms with Gasteiger partial charge in [-0.2, -0.15) is 0 Å². The molecule has 0 radical (unpaired) electrons. The Labute approximate surface area is 145 Å². The fourth-order valence-corrected chi connectivity index (χ4v) is 2.85. The van der Waals surface area contributed by atoms with Crippen LogP contribution in [0, 0.1) is 0 Å². The Bertz CT molecular complexity index is 504. The highest BCUT2D eigenvalue weighted by molar-refractivity contribution is 5.85. The largest absolute Gasteiger partial charge is 0.496 e. The molecule has 130 valence electrons. The zero-order valence-electron chi connectivity index (χ0n) is 14.2. The smallest absolute Gasteiger partial charge is 0.236 e. The van der Waals surface area contributed by atoms with Gasteiger partial charge in [0, 0.05) is 31.7 Å². The molecule has 5 nitrogen and oxygen atoms in total. The predicted molar refractivity (Wildman–Crippen MR) is 95.1 cm³/mol. The number of nitrogens with zero attached hydrogens (tertiary/aromatic N) is 2.